The third kappa shape index (κ3) is 3.69. The highest BCUT2D eigenvalue weighted by Gasteiger charge is 2.23. The smallest absolute Gasteiger partial charge is 0.157 e. The van der Waals surface area contributed by atoms with Crippen molar-refractivity contribution in [1.29, 1.82) is 0 Å². The molecule has 1 aliphatic rings. The van der Waals surface area contributed by atoms with E-state index in [-0.39, 0.29) is 0 Å². The second-order valence-corrected chi connectivity index (χ2v) is 6.07. The highest BCUT2D eigenvalue weighted by molar-refractivity contribution is 8.14. The second kappa shape index (κ2) is 6.53. The Labute approximate surface area is 105 Å². The lowest BCUT2D eigenvalue weighted by molar-refractivity contribution is 0.392. The lowest BCUT2D eigenvalue weighted by atomic mass is 9.96. The first-order chi connectivity index (χ1) is 7.58. The molecule has 2 atom stereocenters. The Balaban J connectivity index is 2.46. The Kier molecular flexibility index (Phi) is 5.67. The van der Waals surface area contributed by atoms with Crippen molar-refractivity contribution in [3.8, 4) is 0 Å². The molecule has 0 aromatic carbocycles. The number of nitrogens with zero attached hydrogens (tertiary/aromatic N) is 1. The molecule has 16 heavy (non-hydrogen) atoms. The van der Waals surface area contributed by atoms with Crippen LogP contribution in [0.15, 0.2) is 4.99 Å². The highest BCUT2D eigenvalue weighted by atomic mass is 32.2. The van der Waals surface area contributed by atoms with Gasteiger partial charge in [0.2, 0.25) is 0 Å². The minimum atomic E-state index is 0.515. The molecule has 0 radical (unpaired) electrons. The standard InChI is InChI=1S/C13H26N2S/c1-6-11(7-2)10(5)14-13-15-12(8-16-13)9(3)4/h9-12H,6-8H2,1-5H3,(H,14,15). The van der Waals surface area contributed by atoms with Crippen LogP contribution in [0.2, 0.25) is 0 Å². The van der Waals surface area contributed by atoms with Gasteiger partial charge >= 0.3 is 0 Å². The molecule has 0 amide bonds. The predicted molar refractivity (Wildman–Crippen MR) is 75.2 cm³/mol. The molecule has 2 unspecified atom stereocenters. The Morgan fingerprint density at radius 3 is 2.38 bits per heavy atom. The molecule has 0 aliphatic carbocycles. The molecule has 1 rings (SSSR count). The van der Waals surface area contributed by atoms with Gasteiger partial charge in [-0.05, 0) is 18.8 Å². The summed E-state index contributed by atoms with van der Waals surface area (Å²) in [6, 6.07) is 1.06. The zero-order valence-corrected chi connectivity index (χ0v) is 12.1. The van der Waals surface area contributed by atoms with Crippen LogP contribution in [-0.2, 0) is 0 Å². The fourth-order valence-corrected chi connectivity index (χ4v) is 3.39. The summed E-state index contributed by atoms with van der Waals surface area (Å²) in [5.41, 5.74) is 0. The third-order valence-corrected chi connectivity index (χ3v) is 4.56. The van der Waals surface area contributed by atoms with Gasteiger partial charge < -0.3 is 5.32 Å². The monoisotopic (exact) mass is 242 g/mol. The van der Waals surface area contributed by atoms with Gasteiger partial charge in [0.15, 0.2) is 5.17 Å². The zero-order valence-electron chi connectivity index (χ0n) is 11.3. The molecule has 0 spiro atoms. The highest BCUT2D eigenvalue weighted by Crippen LogP contribution is 2.23. The van der Waals surface area contributed by atoms with E-state index in [1.165, 1.54) is 12.8 Å². The quantitative estimate of drug-likeness (QED) is 0.797. The summed E-state index contributed by atoms with van der Waals surface area (Å²) >= 11 is 1.88. The van der Waals surface area contributed by atoms with Gasteiger partial charge in [-0.3, -0.25) is 4.99 Å². The molecular formula is C13H26N2S. The van der Waals surface area contributed by atoms with Crippen molar-refractivity contribution in [3.63, 3.8) is 0 Å². The molecule has 0 saturated carbocycles. The molecule has 2 nitrogen and oxygen atoms in total. The van der Waals surface area contributed by atoms with E-state index >= 15 is 0 Å². The van der Waals surface area contributed by atoms with Gasteiger partial charge in [0, 0.05) is 11.8 Å². The minimum Gasteiger partial charge on any atom is -0.362 e. The fraction of sp³-hybridized carbons (Fsp3) is 0.923. The Morgan fingerprint density at radius 2 is 1.94 bits per heavy atom. The molecular weight excluding hydrogens is 216 g/mol. The maximum atomic E-state index is 4.75. The van der Waals surface area contributed by atoms with E-state index in [0.29, 0.717) is 18.0 Å². The largest absolute Gasteiger partial charge is 0.362 e. The van der Waals surface area contributed by atoms with Crippen LogP contribution >= 0.6 is 11.8 Å². The minimum absolute atomic E-state index is 0.515. The van der Waals surface area contributed by atoms with Crippen molar-refractivity contribution >= 4 is 16.9 Å². The molecule has 0 saturated heterocycles. The van der Waals surface area contributed by atoms with Crippen molar-refractivity contribution < 1.29 is 0 Å². The van der Waals surface area contributed by atoms with Crippen molar-refractivity contribution in [2.45, 2.75) is 59.5 Å². The van der Waals surface area contributed by atoms with E-state index in [2.05, 4.69) is 39.9 Å². The second-order valence-electron chi connectivity index (χ2n) is 5.07. The zero-order chi connectivity index (χ0) is 12.1. The molecule has 0 bridgehead atoms. The molecule has 0 aromatic heterocycles. The van der Waals surface area contributed by atoms with E-state index in [4.69, 9.17) is 4.99 Å². The Hall–Kier alpha value is -0.180. The average molecular weight is 242 g/mol. The van der Waals surface area contributed by atoms with Crippen molar-refractivity contribution in [3.05, 3.63) is 0 Å². The van der Waals surface area contributed by atoms with Crippen molar-refractivity contribution in [2.75, 3.05) is 5.75 Å². The van der Waals surface area contributed by atoms with Gasteiger partial charge in [-0.25, -0.2) is 0 Å². The number of hydrogen-bond donors (Lipinski definition) is 1. The molecule has 0 fully saturated rings. The Morgan fingerprint density at radius 1 is 1.31 bits per heavy atom. The van der Waals surface area contributed by atoms with Crippen LogP contribution in [0, 0.1) is 11.8 Å². The number of amidine groups is 1. The SMILES string of the molecule is CCC(CC)C(C)NC1=NC(C(C)C)CS1. The van der Waals surface area contributed by atoms with Gasteiger partial charge in [0.05, 0.1) is 6.04 Å². The first-order valence-electron chi connectivity index (χ1n) is 6.55. The van der Waals surface area contributed by atoms with Crippen LogP contribution in [0.25, 0.3) is 0 Å². The van der Waals surface area contributed by atoms with Crippen LogP contribution < -0.4 is 5.32 Å². The van der Waals surface area contributed by atoms with Crippen LogP contribution in [0.4, 0.5) is 0 Å². The molecule has 1 N–H and O–H groups in total. The van der Waals surface area contributed by atoms with Crippen LogP contribution in [0.5, 0.6) is 0 Å². The van der Waals surface area contributed by atoms with Crippen molar-refractivity contribution in [2.24, 2.45) is 16.8 Å². The summed E-state index contributed by atoms with van der Waals surface area (Å²) in [4.78, 5) is 4.75. The maximum Gasteiger partial charge on any atom is 0.157 e. The molecule has 1 aliphatic heterocycles. The first-order valence-corrected chi connectivity index (χ1v) is 7.54. The van der Waals surface area contributed by atoms with Gasteiger partial charge in [0.1, 0.15) is 0 Å². The number of thioether (sulfide) groups is 1. The Bertz CT molecular complexity index is 234. The van der Waals surface area contributed by atoms with E-state index in [0.717, 1.165) is 16.8 Å². The summed E-state index contributed by atoms with van der Waals surface area (Å²) in [6.45, 7) is 11.3. The molecule has 94 valence electrons. The van der Waals surface area contributed by atoms with E-state index in [1.807, 2.05) is 11.8 Å². The number of hydrogen-bond acceptors (Lipinski definition) is 3. The summed E-state index contributed by atoms with van der Waals surface area (Å²) in [7, 11) is 0. The number of rotatable bonds is 5. The van der Waals surface area contributed by atoms with E-state index < -0.39 is 0 Å². The lowest BCUT2D eigenvalue weighted by Crippen LogP contribution is -2.35. The number of nitrogens with one attached hydrogen (secondary N) is 1. The molecule has 1 heterocycles. The number of aliphatic imine (C=N–C) groups is 1. The van der Waals surface area contributed by atoms with Gasteiger partial charge in [-0.1, -0.05) is 52.3 Å². The van der Waals surface area contributed by atoms with E-state index in [9.17, 15) is 0 Å². The van der Waals surface area contributed by atoms with Crippen LogP contribution in [0.3, 0.4) is 0 Å². The van der Waals surface area contributed by atoms with Gasteiger partial charge in [-0.15, -0.1) is 0 Å². The molecule has 3 heteroatoms. The van der Waals surface area contributed by atoms with E-state index in [1.54, 1.807) is 0 Å². The third-order valence-electron chi connectivity index (χ3n) is 3.55. The summed E-state index contributed by atoms with van der Waals surface area (Å²) in [6.07, 6.45) is 2.49. The predicted octanol–water partition coefficient (Wildman–Crippen LogP) is 3.53. The molecule has 0 aromatic rings. The fourth-order valence-electron chi connectivity index (χ4n) is 2.12. The van der Waals surface area contributed by atoms with Crippen molar-refractivity contribution in [1.82, 2.24) is 5.32 Å². The lowest BCUT2D eigenvalue weighted by Gasteiger charge is -2.22. The average Bonchev–Trinajstić information content (AvgIpc) is 2.68. The summed E-state index contributed by atoms with van der Waals surface area (Å²) in [5.74, 6) is 2.58. The first kappa shape index (κ1) is 13.9. The van der Waals surface area contributed by atoms with Gasteiger partial charge in [0.25, 0.3) is 0 Å². The normalized spacial score (nSPS) is 22.7. The summed E-state index contributed by atoms with van der Waals surface area (Å²) < 4.78 is 0. The topological polar surface area (TPSA) is 24.4 Å². The maximum absolute atomic E-state index is 4.75. The van der Waals surface area contributed by atoms with Crippen LogP contribution in [-0.4, -0.2) is 23.0 Å². The van der Waals surface area contributed by atoms with Gasteiger partial charge in [-0.2, -0.15) is 0 Å². The summed E-state index contributed by atoms with van der Waals surface area (Å²) in [5, 5.41) is 4.74. The van der Waals surface area contributed by atoms with Crippen LogP contribution in [0.1, 0.15) is 47.5 Å².